The number of rotatable bonds is 4. The molecule has 17 heavy (non-hydrogen) atoms. The Morgan fingerprint density at radius 1 is 1.59 bits per heavy atom. The highest BCUT2D eigenvalue weighted by Crippen LogP contribution is 2.27. The lowest BCUT2D eigenvalue weighted by Crippen LogP contribution is -2.40. The summed E-state index contributed by atoms with van der Waals surface area (Å²) in [6.45, 7) is 1.68. The molecule has 1 saturated carbocycles. The summed E-state index contributed by atoms with van der Waals surface area (Å²) in [4.78, 5) is 14.5. The Morgan fingerprint density at radius 2 is 2.29 bits per heavy atom. The number of hydrogen-bond acceptors (Lipinski definition) is 5. The third-order valence-corrected chi connectivity index (χ3v) is 3.05. The SMILES string of the molecule is COC1CC(Nc2cc([N+](=O)[O-])c(C)cn2)C1. The van der Waals surface area contributed by atoms with Crippen molar-refractivity contribution < 1.29 is 9.66 Å². The Morgan fingerprint density at radius 3 is 2.88 bits per heavy atom. The minimum Gasteiger partial charge on any atom is -0.381 e. The predicted octanol–water partition coefficient (Wildman–Crippen LogP) is 1.89. The van der Waals surface area contributed by atoms with Crippen molar-refractivity contribution in [2.75, 3.05) is 12.4 Å². The van der Waals surface area contributed by atoms with Crippen LogP contribution in [0.5, 0.6) is 0 Å². The quantitative estimate of drug-likeness (QED) is 0.639. The largest absolute Gasteiger partial charge is 0.381 e. The zero-order chi connectivity index (χ0) is 12.4. The lowest BCUT2D eigenvalue weighted by molar-refractivity contribution is -0.385. The number of aromatic nitrogens is 1. The van der Waals surface area contributed by atoms with E-state index in [1.54, 1.807) is 14.0 Å². The molecule has 1 fully saturated rings. The van der Waals surface area contributed by atoms with Gasteiger partial charge in [-0.05, 0) is 19.8 Å². The van der Waals surface area contributed by atoms with Gasteiger partial charge in [-0.25, -0.2) is 4.98 Å². The number of hydrogen-bond donors (Lipinski definition) is 1. The van der Waals surface area contributed by atoms with E-state index in [2.05, 4.69) is 10.3 Å². The van der Waals surface area contributed by atoms with Crippen molar-refractivity contribution in [2.24, 2.45) is 0 Å². The third-order valence-electron chi connectivity index (χ3n) is 3.05. The van der Waals surface area contributed by atoms with Gasteiger partial charge in [0.15, 0.2) is 0 Å². The van der Waals surface area contributed by atoms with E-state index in [1.165, 1.54) is 12.3 Å². The zero-order valence-corrected chi connectivity index (χ0v) is 9.84. The highest BCUT2D eigenvalue weighted by molar-refractivity contribution is 5.49. The summed E-state index contributed by atoms with van der Waals surface area (Å²) in [5, 5.41) is 13.9. The standard InChI is InChI=1S/C11H15N3O3/c1-7-6-12-11(5-10(7)14(15)16)13-8-3-9(4-8)17-2/h5-6,8-9H,3-4H2,1-2H3,(H,12,13). The lowest BCUT2D eigenvalue weighted by Gasteiger charge is -2.34. The van der Waals surface area contributed by atoms with Gasteiger partial charge < -0.3 is 10.1 Å². The number of anilines is 1. The van der Waals surface area contributed by atoms with Crippen LogP contribution in [0.1, 0.15) is 18.4 Å². The second kappa shape index (κ2) is 4.67. The summed E-state index contributed by atoms with van der Waals surface area (Å²) in [6.07, 6.45) is 3.65. The van der Waals surface area contributed by atoms with E-state index in [9.17, 15) is 10.1 Å². The van der Waals surface area contributed by atoms with Crippen LogP contribution in [0, 0.1) is 17.0 Å². The molecule has 0 unspecified atom stereocenters. The molecular weight excluding hydrogens is 222 g/mol. The van der Waals surface area contributed by atoms with Crippen molar-refractivity contribution in [1.82, 2.24) is 4.98 Å². The number of aryl methyl sites for hydroxylation is 1. The second-order valence-electron chi connectivity index (χ2n) is 4.28. The van der Waals surface area contributed by atoms with Crippen LogP contribution in [0.25, 0.3) is 0 Å². The number of ether oxygens (including phenoxy) is 1. The van der Waals surface area contributed by atoms with Crippen LogP contribution in [0.15, 0.2) is 12.3 Å². The molecule has 0 amide bonds. The normalized spacial score (nSPS) is 22.9. The lowest BCUT2D eigenvalue weighted by atomic mass is 9.89. The Bertz CT molecular complexity index is 430. The number of nitrogens with zero attached hydrogens (tertiary/aromatic N) is 2. The fourth-order valence-corrected chi connectivity index (χ4v) is 1.87. The molecule has 6 heteroatoms. The maximum absolute atomic E-state index is 10.8. The number of pyridine rings is 1. The van der Waals surface area contributed by atoms with Gasteiger partial charge in [0.2, 0.25) is 0 Å². The van der Waals surface area contributed by atoms with E-state index in [0.717, 1.165) is 12.8 Å². The van der Waals surface area contributed by atoms with Crippen LogP contribution in [-0.4, -0.2) is 29.2 Å². The first-order valence-corrected chi connectivity index (χ1v) is 5.50. The molecule has 6 nitrogen and oxygen atoms in total. The van der Waals surface area contributed by atoms with Crippen LogP contribution in [0.2, 0.25) is 0 Å². The average molecular weight is 237 g/mol. The summed E-state index contributed by atoms with van der Waals surface area (Å²) >= 11 is 0. The van der Waals surface area contributed by atoms with Crippen molar-refractivity contribution in [3.8, 4) is 0 Å². The van der Waals surface area contributed by atoms with Gasteiger partial charge in [-0.2, -0.15) is 0 Å². The first kappa shape index (κ1) is 11.8. The van der Waals surface area contributed by atoms with Gasteiger partial charge in [-0.1, -0.05) is 0 Å². The molecule has 1 heterocycles. The Hall–Kier alpha value is -1.69. The van der Waals surface area contributed by atoms with E-state index in [4.69, 9.17) is 4.74 Å². The van der Waals surface area contributed by atoms with Gasteiger partial charge in [0, 0.05) is 24.9 Å². The molecule has 0 atom stereocenters. The zero-order valence-electron chi connectivity index (χ0n) is 9.84. The number of nitrogens with one attached hydrogen (secondary N) is 1. The average Bonchev–Trinajstić information content (AvgIpc) is 2.24. The monoisotopic (exact) mass is 237 g/mol. The molecule has 1 aromatic rings. The van der Waals surface area contributed by atoms with Crippen molar-refractivity contribution >= 4 is 11.5 Å². The molecule has 0 saturated heterocycles. The van der Waals surface area contributed by atoms with Gasteiger partial charge in [0.05, 0.1) is 17.1 Å². The number of nitro groups is 1. The molecular formula is C11H15N3O3. The summed E-state index contributed by atoms with van der Waals surface area (Å²) in [6, 6.07) is 1.78. The molecule has 92 valence electrons. The van der Waals surface area contributed by atoms with Crippen LogP contribution < -0.4 is 5.32 Å². The first-order chi connectivity index (χ1) is 8.10. The molecule has 1 N–H and O–H groups in total. The minimum absolute atomic E-state index is 0.102. The molecule has 0 aromatic carbocycles. The minimum atomic E-state index is -0.388. The van der Waals surface area contributed by atoms with Crippen molar-refractivity contribution in [3.05, 3.63) is 27.9 Å². The molecule has 0 bridgehead atoms. The second-order valence-corrected chi connectivity index (χ2v) is 4.28. The fourth-order valence-electron chi connectivity index (χ4n) is 1.87. The Kier molecular flexibility index (Phi) is 3.23. The van der Waals surface area contributed by atoms with Crippen LogP contribution in [0.3, 0.4) is 0 Å². The Balaban J connectivity index is 2.02. The van der Waals surface area contributed by atoms with Gasteiger partial charge in [-0.15, -0.1) is 0 Å². The molecule has 0 spiro atoms. The van der Waals surface area contributed by atoms with Crippen LogP contribution in [0.4, 0.5) is 11.5 Å². The van der Waals surface area contributed by atoms with Crippen LogP contribution in [-0.2, 0) is 4.74 Å². The predicted molar refractivity (Wildman–Crippen MR) is 63.1 cm³/mol. The van der Waals surface area contributed by atoms with Gasteiger partial charge in [0.25, 0.3) is 5.69 Å². The maximum atomic E-state index is 10.8. The summed E-state index contributed by atoms with van der Waals surface area (Å²) in [5.74, 6) is 0.557. The van der Waals surface area contributed by atoms with E-state index in [0.29, 0.717) is 23.5 Å². The van der Waals surface area contributed by atoms with Crippen molar-refractivity contribution in [1.29, 1.82) is 0 Å². The maximum Gasteiger partial charge on any atom is 0.277 e. The van der Waals surface area contributed by atoms with E-state index < -0.39 is 0 Å². The highest BCUT2D eigenvalue weighted by Gasteiger charge is 2.29. The van der Waals surface area contributed by atoms with E-state index in [1.807, 2.05) is 0 Å². The summed E-state index contributed by atoms with van der Waals surface area (Å²) in [5.41, 5.74) is 0.675. The van der Waals surface area contributed by atoms with Gasteiger partial charge in [-0.3, -0.25) is 10.1 Å². The van der Waals surface area contributed by atoms with Crippen LogP contribution >= 0.6 is 0 Å². The van der Waals surface area contributed by atoms with E-state index >= 15 is 0 Å². The molecule has 1 aliphatic rings. The van der Waals surface area contributed by atoms with Gasteiger partial charge in [0.1, 0.15) is 5.82 Å². The summed E-state index contributed by atoms with van der Waals surface area (Å²) < 4.78 is 5.17. The first-order valence-electron chi connectivity index (χ1n) is 5.50. The Labute approximate surface area is 99.2 Å². The molecule has 1 aliphatic carbocycles. The molecule has 1 aromatic heterocycles. The smallest absolute Gasteiger partial charge is 0.277 e. The number of methoxy groups -OCH3 is 1. The molecule has 2 rings (SSSR count). The summed E-state index contributed by atoms with van der Waals surface area (Å²) in [7, 11) is 1.69. The topological polar surface area (TPSA) is 77.3 Å². The molecule has 0 aliphatic heterocycles. The van der Waals surface area contributed by atoms with Gasteiger partial charge >= 0.3 is 0 Å². The highest BCUT2D eigenvalue weighted by atomic mass is 16.6. The van der Waals surface area contributed by atoms with Crippen molar-refractivity contribution in [3.63, 3.8) is 0 Å². The van der Waals surface area contributed by atoms with E-state index in [-0.39, 0.29) is 10.6 Å². The molecule has 0 radical (unpaired) electrons. The van der Waals surface area contributed by atoms with Crippen molar-refractivity contribution in [2.45, 2.75) is 31.9 Å². The fraction of sp³-hybridized carbons (Fsp3) is 0.545. The third kappa shape index (κ3) is 2.52.